The third-order valence-corrected chi connectivity index (χ3v) is 3.24. The Bertz CT molecular complexity index is 676. The first-order chi connectivity index (χ1) is 8.13. The maximum Gasteiger partial charge on any atom is 0.172 e. The standard InChI is InChI=1S/C13H8BrNO2/c14-8-1-2-11-7(3-8)4-10-12(15-11)5-9(16)6-13(10)17/h1-5,16H,6H2. The number of Topliss-reactive ketones (excluding diaryl/α,β-unsaturated/α-hetero) is 1. The van der Waals surface area contributed by atoms with Crippen LogP contribution in [0.25, 0.3) is 17.0 Å². The number of rotatable bonds is 0. The molecule has 1 aliphatic carbocycles. The summed E-state index contributed by atoms with van der Waals surface area (Å²) in [6.45, 7) is 0. The summed E-state index contributed by atoms with van der Waals surface area (Å²) in [6, 6.07) is 7.53. The first kappa shape index (κ1) is 10.5. The van der Waals surface area contributed by atoms with Gasteiger partial charge in [-0.2, -0.15) is 0 Å². The molecule has 0 atom stereocenters. The number of aliphatic hydroxyl groups is 1. The van der Waals surface area contributed by atoms with E-state index in [0.717, 1.165) is 15.4 Å². The molecule has 2 aromatic rings. The van der Waals surface area contributed by atoms with Gasteiger partial charge in [0.2, 0.25) is 0 Å². The number of aromatic nitrogens is 1. The summed E-state index contributed by atoms with van der Waals surface area (Å²) in [4.78, 5) is 16.2. The lowest BCUT2D eigenvalue weighted by atomic mass is 9.98. The van der Waals surface area contributed by atoms with Crippen LogP contribution in [0, 0.1) is 0 Å². The smallest absolute Gasteiger partial charge is 0.172 e. The highest BCUT2D eigenvalue weighted by atomic mass is 79.9. The van der Waals surface area contributed by atoms with Crippen molar-refractivity contribution in [2.75, 3.05) is 0 Å². The molecule has 1 aliphatic rings. The average Bonchev–Trinajstić information content (AvgIpc) is 2.27. The number of halogens is 1. The Hall–Kier alpha value is -1.68. The molecule has 0 saturated heterocycles. The second-order valence-electron chi connectivity index (χ2n) is 3.99. The minimum Gasteiger partial charge on any atom is -0.512 e. The Labute approximate surface area is 106 Å². The second kappa shape index (κ2) is 3.67. The molecule has 0 radical (unpaired) electrons. The predicted octanol–water partition coefficient (Wildman–Crippen LogP) is 3.48. The molecule has 0 fully saturated rings. The van der Waals surface area contributed by atoms with Crippen LogP contribution >= 0.6 is 15.9 Å². The van der Waals surface area contributed by atoms with Gasteiger partial charge in [-0.15, -0.1) is 0 Å². The Morgan fingerprint density at radius 3 is 2.94 bits per heavy atom. The van der Waals surface area contributed by atoms with Gasteiger partial charge in [-0.1, -0.05) is 15.9 Å². The van der Waals surface area contributed by atoms with Crippen LogP contribution in [0.3, 0.4) is 0 Å². The maximum absolute atomic E-state index is 11.8. The molecule has 0 bridgehead atoms. The normalized spacial score (nSPS) is 14.6. The molecular formula is C13H8BrNO2. The number of benzene rings is 1. The van der Waals surface area contributed by atoms with E-state index >= 15 is 0 Å². The van der Waals surface area contributed by atoms with E-state index < -0.39 is 0 Å². The molecule has 1 aromatic carbocycles. The molecule has 0 spiro atoms. The number of hydrogen-bond acceptors (Lipinski definition) is 3. The SMILES string of the molecule is O=C1CC(O)=Cc2nc3ccc(Br)cc3cc21. The lowest BCUT2D eigenvalue weighted by Gasteiger charge is -2.12. The van der Waals surface area contributed by atoms with Crippen molar-refractivity contribution >= 4 is 38.7 Å². The quantitative estimate of drug-likeness (QED) is 0.808. The molecule has 1 heterocycles. The van der Waals surface area contributed by atoms with Gasteiger partial charge in [0.25, 0.3) is 0 Å². The first-order valence-electron chi connectivity index (χ1n) is 5.16. The minimum atomic E-state index is -0.0885. The van der Waals surface area contributed by atoms with Gasteiger partial charge in [0.15, 0.2) is 5.78 Å². The molecule has 84 valence electrons. The topological polar surface area (TPSA) is 50.2 Å². The van der Waals surface area contributed by atoms with Crippen LogP contribution in [0.1, 0.15) is 22.5 Å². The fraction of sp³-hybridized carbons (Fsp3) is 0.0769. The van der Waals surface area contributed by atoms with Gasteiger partial charge in [-0.25, -0.2) is 4.98 Å². The van der Waals surface area contributed by atoms with E-state index in [1.165, 1.54) is 0 Å². The summed E-state index contributed by atoms with van der Waals surface area (Å²) in [5.74, 6) is -0.0131. The monoisotopic (exact) mass is 289 g/mol. The number of aliphatic hydroxyl groups excluding tert-OH is 1. The van der Waals surface area contributed by atoms with Crippen LogP contribution in [0.4, 0.5) is 0 Å². The van der Waals surface area contributed by atoms with E-state index in [1.54, 1.807) is 6.08 Å². The lowest BCUT2D eigenvalue weighted by Crippen LogP contribution is -2.09. The van der Waals surface area contributed by atoms with E-state index in [0.29, 0.717) is 11.3 Å². The zero-order chi connectivity index (χ0) is 12.0. The number of ketones is 1. The van der Waals surface area contributed by atoms with Gasteiger partial charge in [0.05, 0.1) is 17.6 Å². The van der Waals surface area contributed by atoms with Crippen LogP contribution in [-0.2, 0) is 0 Å². The van der Waals surface area contributed by atoms with Crippen molar-refractivity contribution in [1.82, 2.24) is 4.98 Å². The second-order valence-corrected chi connectivity index (χ2v) is 4.91. The first-order valence-corrected chi connectivity index (χ1v) is 5.96. The summed E-state index contributed by atoms with van der Waals surface area (Å²) in [7, 11) is 0. The number of carbonyl (C=O) groups excluding carboxylic acids is 1. The highest BCUT2D eigenvalue weighted by Gasteiger charge is 2.19. The Morgan fingerprint density at radius 1 is 1.29 bits per heavy atom. The molecule has 0 amide bonds. The van der Waals surface area contributed by atoms with Gasteiger partial charge in [0, 0.05) is 21.5 Å². The molecule has 0 aliphatic heterocycles. The van der Waals surface area contributed by atoms with Crippen molar-refractivity contribution in [3.05, 3.63) is 45.8 Å². The van der Waals surface area contributed by atoms with Crippen LogP contribution in [0.15, 0.2) is 34.5 Å². The summed E-state index contributed by atoms with van der Waals surface area (Å²) in [5, 5.41) is 10.4. The average molecular weight is 290 g/mol. The van der Waals surface area contributed by atoms with Crippen molar-refractivity contribution in [2.24, 2.45) is 0 Å². The summed E-state index contributed by atoms with van der Waals surface area (Å²) < 4.78 is 0.952. The van der Waals surface area contributed by atoms with Gasteiger partial charge in [-0.3, -0.25) is 4.79 Å². The lowest BCUT2D eigenvalue weighted by molar-refractivity contribution is 0.0978. The van der Waals surface area contributed by atoms with E-state index in [4.69, 9.17) is 0 Å². The van der Waals surface area contributed by atoms with Gasteiger partial charge >= 0.3 is 0 Å². The Kier molecular flexibility index (Phi) is 2.26. The van der Waals surface area contributed by atoms with Gasteiger partial charge in [0.1, 0.15) is 5.76 Å². The van der Waals surface area contributed by atoms with Crippen molar-refractivity contribution in [3.8, 4) is 0 Å². The molecule has 1 aromatic heterocycles. The van der Waals surface area contributed by atoms with Crippen molar-refractivity contribution in [1.29, 1.82) is 0 Å². The van der Waals surface area contributed by atoms with Crippen molar-refractivity contribution in [3.63, 3.8) is 0 Å². The summed E-state index contributed by atoms with van der Waals surface area (Å²) in [5.41, 5.74) is 1.94. The van der Waals surface area contributed by atoms with Crippen LogP contribution in [-0.4, -0.2) is 15.9 Å². The molecule has 0 saturated carbocycles. The van der Waals surface area contributed by atoms with Crippen LogP contribution in [0.2, 0.25) is 0 Å². The fourth-order valence-electron chi connectivity index (χ4n) is 1.96. The molecule has 4 heteroatoms. The number of allylic oxidation sites excluding steroid dienone is 1. The predicted molar refractivity (Wildman–Crippen MR) is 69.0 cm³/mol. The molecule has 0 unspecified atom stereocenters. The molecule has 17 heavy (non-hydrogen) atoms. The largest absolute Gasteiger partial charge is 0.512 e. The molecule has 3 nitrogen and oxygen atoms in total. The Balaban J connectivity index is 2.34. The van der Waals surface area contributed by atoms with Crippen LogP contribution in [0.5, 0.6) is 0 Å². The number of hydrogen-bond donors (Lipinski definition) is 1. The van der Waals surface area contributed by atoms with Crippen LogP contribution < -0.4 is 0 Å². The van der Waals surface area contributed by atoms with Crippen molar-refractivity contribution in [2.45, 2.75) is 6.42 Å². The van der Waals surface area contributed by atoms with Gasteiger partial charge < -0.3 is 5.11 Å². The third-order valence-electron chi connectivity index (χ3n) is 2.75. The molecular weight excluding hydrogens is 282 g/mol. The third kappa shape index (κ3) is 1.74. The van der Waals surface area contributed by atoms with E-state index in [2.05, 4.69) is 20.9 Å². The minimum absolute atomic E-state index is 0.0637. The number of carbonyl (C=O) groups is 1. The molecule has 3 rings (SSSR count). The van der Waals surface area contributed by atoms with E-state index in [9.17, 15) is 9.90 Å². The Morgan fingerprint density at radius 2 is 2.12 bits per heavy atom. The highest BCUT2D eigenvalue weighted by molar-refractivity contribution is 9.10. The number of pyridine rings is 1. The zero-order valence-electron chi connectivity index (χ0n) is 8.77. The maximum atomic E-state index is 11.8. The van der Waals surface area contributed by atoms with E-state index in [1.807, 2.05) is 24.3 Å². The highest BCUT2D eigenvalue weighted by Crippen LogP contribution is 2.26. The van der Waals surface area contributed by atoms with E-state index in [-0.39, 0.29) is 18.0 Å². The van der Waals surface area contributed by atoms with Crippen molar-refractivity contribution < 1.29 is 9.90 Å². The summed E-state index contributed by atoms with van der Waals surface area (Å²) >= 11 is 3.39. The molecule has 1 N–H and O–H groups in total. The summed E-state index contributed by atoms with van der Waals surface area (Å²) in [6.07, 6.45) is 1.62. The zero-order valence-corrected chi connectivity index (χ0v) is 10.4. The number of nitrogens with zero attached hydrogens (tertiary/aromatic N) is 1. The fourth-order valence-corrected chi connectivity index (χ4v) is 2.34. The number of fused-ring (bicyclic) bond motifs is 2. The van der Waals surface area contributed by atoms with Gasteiger partial charge in [-0.05, 0) is 24.3 Å².